The summed E-state index contributed by atoms with van der Waals surface area (Å²) in [7, 11) is 0. The van der Waals surface area contributed by atoms with Gasteiger partial charge in [0.1, 0.15) is 0 Å². The summed E-state index contributed by atoms with van der Waals surface area (Å²) in [5.41, 5.74) is 11.4. The first-order chi connectivity index (χ1) is 22.7. The molecule has 0 atom stereocenters. The Kier molecular flexibility index (Phi) is 6.87. The Labute approximate surface area is 267 Å². The molecule has 0 aliphatic carbocycles. The van der Waals surface area contributed by atoms with Gasteiger partial charge >= 0.3 is 0 Å². The third-order valence-electron chi connectivity index (χ3n) is 8.58. The molecular formula is C43H27N3. The number of nitriles is 1. The Hall–Kier alpha value is -6.37. The van der Waals surface area contributed by atoms with Crippen LogP contribution < -0.4 is 0 Å². The van der Waals surface area contributed by atoms with Gasteiger partial charge < -0.3 is 0 Å². The van der Waals surface area contributed by atoms with Crippen molar-refractivity contribution in [1.82, 2.24) is 9.97 Å². The summed E-state index contributed by atoms with van der Waals surface area (Å²) in [5.74, 6) is 0.708. The summed E-state index contributed by atoms with van der Waals surface area (Å²) >= 11 is 0. The molecule has 0 radical (unpaired) electrons. The third kappa shape index (κ3) is 4.99. The number of para-hydroxylation sites is 1. The number of fused-ring (bicyclic) bond motifs is 2. The van der Waals surface area contributed by atoms with E-state index in [4.69, 9.17) is 15.2 Å². The molecule has 0 fully saturated rings. The average Bonchev–Trinajstić information content (AvgIpc) is 3.14. The lowest BCUT2D eigenvalue weighted by atomic mass is 9.92. The highest BCUT2D eigenvalue weighted by atomic mass is 14.9. The van der Waals surface area contributed by atoms with Gasteiger partial charge in [-0.15, -0.1) is 0 Å². The highest BCUT2D eigenvalue weighted by Gasteiger charge is 2.16. The smallest absolute Gasteiger partial charge is 0.160 e. The SMILES string of the molecule is N#Cc1ccc(-c2ccc(-c3ccc(-c4nc(-c5ccc(-c6ccccc6)cc5)nc5ccccc45)c4ccccc34)cc2)cc1. The van der Waals surface area contributed by atoms with Crippen LogP contribution in [0.3, 0.4) is 0 Å². The van der Waals surface area contributed by atoms with Crippen molar-refractivity contribution in [3.8, 4) is 62.1 Å². The topological polar surface area (TPSA) is 49.6 Å². The molecular weight excluding hydrogens is 558 g/mol. The van der Waals surface area contributed by atoms with E-state index in [0.717, 1.165) is 55.4 Å². The molecule has 0 aliphatic heterocycles. The molecule has 0 aliphatic rings. The molecule has 8 aromatic rings. The van der Waals surface area contributed by atoms with Crippen LogP contribution in [0.4, 0.5) is 0 Å². The van der Waals surface area contributed by atoms with Gasteiger partial charge in [-0.3, -0.25) is 0 Å². The van der Waals surface area contributed by atoms with E-state index in [0.29, 0.717) is 11.4 Å². The first-order valence-electron chi connectivity index (χ1n) is 15.3. The minimum Gasteiger partial charge on any atom is -0.228 e. The number of nitrogens with zero attached hydrogens (tertiary/aromatic N) is 3. The zero-order valence-corrected chi connectivity index (χ0v) is 24.9. The van der Waals surface area contributed by atoms with Crippen molar-refractivity contribution >= 4 is 21.7 Å². The van der Waals surface area contributed by atoms with Gasteiger partial charge in [0.2, 0.25) is 0 Å². The minimum atomic E-state index is 0.663. The van der Waals surface area contributed by atoms with E-state index < -0.39 is 0 Å². The number of rotatable bonds is 5. The Balaban J connectivity index is 1.22. The molecule has 0 saturated heterocycles. The zero-order chi connectivity index (χ0) is 30.9. The number of benzene rings is 7. The van der Waals surface area contributed by atoms with Crippen LogP contribution in [0.15, 0.2) is 164 Å². The summed E-state index contributed by atoms with van der Waals surface area (Å²) in [4.78, 5) is 10.2. The van der Waals surface area contributed by atoms with Crippen molar-refractivity contribution in [3.05, 3.63) is 169 Å². The van der Waals surface area contributed by atoms with Gasteiger partial charge in [-0.05, 0) is 62.4 Å². The molecule has 0 N–H and O–H groups in total. The Morgan fingerprint density at radius 1 is 0.370 bits per heavy atom. The molecule has 0 unspecified atom stereocenters. The lowest BCUT2D eigenvalue weighted by Gasteiger charge is -2.15. The lowest BCUT2D eigenvalue weighted by Crippen LogP contribution is -1.96. The van der Waals surface area contributed by atoms with Crippen LogP contribution in [0.5, 0.6) is 0 Å². The number of aromatic nitrogens is 2. The third-order valence-corrected chi connectivity index (χ3v) is 8.58. The van der Waals surface area contributed by atoms with Crippen molar-refractivity contribution < 1.29 is 0 Å². The first kappa shape index (κ1) is 27.2. The predicted molar refractivity (Wildman–Crippen MR) is 189 cm³/mol. The van der Waals surface area contributed by atoms with Gasteiger partial charge in [0.15, 0.2) is 5.82 Å². The van der Waals surface area contributed by atoms with E-state index in [-0.39, 0.29) is 0 Å². The van der Waals surface area contributed by atoms with Gasteiger partial charge in [-0.1, -0.05) is 146 Å². The highest BCUT2D eigenvalue weighted by Crippen LogP contribution is 2.38. The monoisotopic (exact) mass is 585 g/mol. The molecule has 214 valence electrons. The number of hydrogen-bond donors (Lipinski definition) is 0. The van der Waals surface area contributed by atoms with E-state index in [2.05, 4.69) is 133 Å². The van der Waals surface area contributed by atoms with Crippen LogP contribution in [-0.4, -0.2) is 9.97 Å². The average molecular weight is 586 g/mol. The van der Waals surface area contributed by atoms with Crippen molar-refractivity contribution in [2.45, 2.75) is 0 Å². The second-order valence-corrected chi connectivity index (χ2v) is 11.3. The summed E-state index contributed by atoms with van der Waals surface area (Å²) in [5, 5.41) is 12.5. The molecule has 3 nitrogen and oxygen atoms in total. The van der Waals surface area contributed by atoms with E-state index in [1.54, 1.807) is 0 Å². The van der Waals surface area contributed by atoms with Gasteiger partial charge in [-0.25, -0.2) is 9.97 Å². The Morgan fingerprint density at radius 2 is 0.848 bits per heavy atom. The maximum absolute atomic E-state index is 9.15. The van der Waals surface area contributed by atoms with Gasteiger partial charge in [0.05, 0.1) is 22.8 Å². The van der Waals surface area contributed by atoms with Crippen molar-refractivity contribution in [2.75, 3.05) is 0 Å². The molecule has 1 heterocycles. The lowest BCUT2D eigenvalue weighted by molar-refractivity contribution is 1.23. The van der Waals surface area contributed by atoms with Crippen LogP contribution in [0, 0.1) is 11.3 Å². The molecule has 1 aromatic heterocycles. The molecule has 0 spiro atoms. The molecule has 3 heteroatoms. The molecule has 8 rings (SSSR count). The maximum Gasteiger partial charge on any atom is 0.160 e. The quantitative estimate of drug-likeness (QED) is 0.202. The van der Waals surface area contributed by atoms with E-state index >= 15 is 0 Å². The van der Waals surface area contributed by atoms with Crippen molar-refractivity contribution in [2.24, 2.45) is 0 Å². The molecule has 46 heavy (non-hydrogen) atoms. The van der Waals surface area contributed by atoms with Gasteiger partial charge in [0, 0.05) is 16.5 Å². The van der Waals surface area contributed by atoms with Crippen LogP contribution >= 0.6 is 0 Å². The van der Waals surface area contributed by atoms with Crippen LogP contribution in [0.1, 0.15) is 5.56 Å². The van der Waals surface area contributed by atoms with Gasteiger partial charge in [-0.2, -0.15) is 5.26 Å². The molecule has 0 saturated carbocycles. The Morgan fingerprint density at radius 3 is 1.50 bits per heavy atom. The molecule has 0 amide bonds. The predicted octanol–water partition coefficient (Wildman–Crippen LogP) is 11.0. The summed E-state index contributed by atoms with van der Waals surface area (Å²) in [6.07, 6.45) is 0. The second-order valence-electron chi connectivity index (χ2n) is 11.3. The highest BCUT2D eigenvalue weighted by molar-refractivity contribution is 6.08. The second kappa shape index (κ2) is 11.6. The van der Waals surface area contributed by atoms with Crippen LogP contribution in [-0.2, 0) is 0 Å². The fourth-order valence-corrected chi connectivity index (χ4v) is 6.19. The number of hydrogen-bond acceptors (Lipinski definition) is 3. The first-order valence-corrected chi connectivity index (χ1v) is 15.3. The maximum atomic E-state index is 9.15. The molecule has 0 bridgehead atoms. The van der Waals surface area contributed by atoms with E-state index in [1.165, 1.54) is 16.5 Å². The van der Waals surface area contributed by atoms with Crippen LogP contribution in [0.25, 0.3) is 77.7 Å². The van der Waals surface area contributed by atoms with E-state index in [1.807, 2.05) is 36.4 Å². The fraction of sp³-hybridized carbons (Fsp3) is 0. The minimum absolute atomic E-state index is 0.663. The normalized spacial score (nSPS) is 11.0. The van der Waals surface area contributed by atoms with Crippen LogP contribution in [0.2, 0.25) is 0 Å². The summed E-state index contributed by atoms with van der Waals surface area (Å²) in [6.45, 7) is 0. The summed E-state index contributed by atoms with van der Waals surface area (Å²) < 4.78 is 0. The summed E-state index contributed by atoms with van der Waals surface area (Å²) in [6, 6.07) is 58.7. The standard InChI is InChI=1S/C43H27N3/c44-28-29-14-16-31(17-15-29)33-18-22-34(23-19-33)36-26-27-39(38-11-5-4-10-37(36)38)42-40-12-6-7-13-41(40)45-43(46-42)35-24-20-32(21-25-35)30-8-2-1-3-9-30/h1-27H. The Bertz CT molecular complexity index is 2390. The fourth-order valence-electron chi connectivity index (χ4n) is 6.19. The van der Waals surface area contributed by atoms with Crippen molar-refractivity contribution in [1.29, 1.82) is 5.26 Å². The van der Waals surface area contributed by atoms with Gasteiger partial charge in [0.25, 0.3) is 0 Å². The van der Waals surface area contributed by atoms with Crippen molar-refractivity contribution in [3.63, 3.8) is 0 Å². The van der Waals surface area contributed by atoms with E-state index in [9.17, 15) is 0 Å². The largest absolute Gasteiger partial charge is 0.228 e. The molecule has 7 aromatic carbocycles. The zero-order valence-electron chi connectivity index (χ0n) is 24.9.